The molecule has 116 valence electrons. The number of likely N-dealkylation sites (N-methyl/N-ethyl adjacent to an activating group) is 1. The Labute approximate surface area is 129 Å². The van der Waals surface area contributed by atoms with Crippen LogP contribution < -0.4 is 10.2 Å². The van der Waals surface area contributed by atoms with Crippen molar-refractivity contribution < 1.29 is 4.74 Å². The van der Waals surface area contributed by atoms with Crippen LogP contribution in [0.1, 0.15) is 32.4 Å². The van der Waals surface area contributed by atoms with Gasteiger partial charge >= 0.3 is 0 Å². The summed E-state index contributed by atoms with van der Waals surface area (Å²) in [5, 5.41) is 5.69. The Morgan fingerprint density at radius 3 is 3.05 bits per heavy atom. The van der Waals surface area contributed by atoms with E-state index < -0.39 is 0 Å². The molecule has 0 unspecified atom stereocenters. The van der Waals surface area contributed by atoms with Crippen LogP contribution in [0.5, 0.6) is 0 Å². The summed E-state index contributed by atoms with van der Waals surface area (Å²) < 4.78 is 7.85. The average molecular weight is 308 g/mol. The molecule has 1 saturated carbocycles. The van der Waals surface area contributed by atoms with E-state index in [9.17, 15) is 0 Å². The summed E-state index contributed by atoms with van der Waals surface area (Å²) >= 11 is 1.68. The molecular formula is C15H24N4OS. The van der Waals surface area contributed by atoms with Crippen molar-refractivity contribution >= 4 is 22.1 Å². The van der Waals surface area contributed by atoms with Gasteiger partial charge < -0.3 is 15.0 Å². The molecule has 0 spiro atoms. The van der Waals surface area contributed by atoms with Crippen LogP contribution in [0.25, 0.3) is 4.96 Å². The summed E-state index contributed by atoms with van der Waals surface area (Å²) in [6, 6.07) is 0.705. The molecule has 21 heavy (non-hydrogen) atoms. The van der Waals surface area contributed by atoms with Crippen LogP contribution in [-0.2, 0) is 11.3 Å². The van der Waals surface area contributed by atoms with Gasteiger partial charge in [0.25, 0.3) is 0 Å². The molecule has 0 saturated heterocycles. The van der Waals surface area contributed by atoms with Crippen molar-refractivity contribution in [1.82, 2.24) is 14.7 Å². The smallest absolute Gasteiger partial charge is 0.195 e. The lowest BCUT2D eigenvalue weighted by molar-refractivity contribution is 0.0845. The van der Waals surface area contributed by atoms with Crippen LogP contribution >= 0.6 is 11.3 Å². The molecular weight excluding hydrogens is 284 g/mol. The molecule has 1 aliphatic rings. The molecule has 0 amide bonds. The topological polar surface area (TPSA) is 41.8 Å². The number of hydrogen-bond donors (Lipinski definition) is 1. The van der Waals surface area contributed by atoms with Crippen LogP contribution in [0, 0.1) is 0 Å². The lowest BCUT2D eigenvalue weighted by Gasteiger charge is -2.19. The number of anilines is 1. The standard InChI is InChI=1S/C15H24N4OS/c1-11(2)20-8-6-18(3)14-13(10-16-12-4-5-12)19-7-9-21-15(19)17-14/h7,9,11-12,16H,4-6,8,10H2,1-3H3. The van der Waals surface area contributed by atoms with Gasteiger partial charge in [-0.1, -0.05) is 0 Å². The molecule has 2 aromatic rings. The van der Waals surface area contributed by atoms with Crippen LogP contribution in [0.3, 0.4) is 0 Å². The number of ether oxygens (including phenoxy) is 1. The SMILES string of the molecule is CC(C)OCCN(C)c1nc2sccn2c1CNC1CC1. The predicted molar refractivity (Wildman–Crippen MR) is 87.3 cm³/mol. The van der Waals surface area contributed by atoms with Crippen LogP contribution in [0.2, 0.25) is 0 Å². The van der Waals surface area contributed by atoms with Gasteiger partial charge in [-0.3, -0.25) is 4.40 Å². The van der Waals surface area contributed by atoms with Crippen molar-refractivity contribution in [3.63, 3.8) is 0 Å². The Hall–Kier alpha value is -1.11. The number of rotatable bonds is 8. The highest BCUT2D eigenvalue weighted by molar-refractivity contribution is 7.15. The first-order valence-electron chi connectivity index (χ1n) is 7.65. The molecule has 0 aliphatic heterocycles. The van der Waals surface area contributed by atoms with E-state index in [1.165, 1.54) is 18.5 Å². The molecule has 1 fully saturated rings. The van der Waals surface area contributed by atoms with E-state index in [-0.39, 0.29) is 6.10 Å². The maximum absolute atomic E-state index is 5.65. The van der Waals surface area contributed by atoms with Crippen LogP contribution in [-0.4, -0.2) is 41.7 Å². The van der Waals surface area contributed by atoms with Crippen molar-refractivity contribution in [2.24, 2.45) is 0 Å². The van der Waals surface area contributed by atoms with E-state index in [0.717, 1.165) is 30.5 Å². The second-order valence-electron chi connectivity index (χ2n) is 5.93. The lowest BCUT2D eigenvalue weighted by atomic mass is 10.3. The van der Waals surface area contributed by atoms with E-state index in [2.05, 4.69) is 47.1 Å². The summed E-state index contributed by atoms with van der Waals surface area (Å²) in [7, 11) is 2.09. The summed E-state index contributed by atoms with van der Waals surface area (Å²) in [4.78, 5) is 8.05. The summed E-state index contributed by atoms with van der Waals surface area (Å²) in [5.41, 5.74) is 1.25. The van der Waals surface area contributed by atoms with Gasteiger partial charge in [-0.25, -0.2) is 4.98 Å². The van der Waals surface area contributed by atoms with Gasteiger partial charge in [-0.05, 0) is 26.7 Å². The fraction of sp³-hybridized carbons (Fsp3) is 0.667. The van der Waals surface area contributed by atoms with Gasteiger partial charge in [0.05, 0.1) is 18.4 Å². The number of nitrogens with zero attached hydrogens (tertiary/aromatic N) is 3. The van der Waals surface area contributed by atoms with E-state index in [1.807, 2.05) is 0 Å². The largest absolute Gasteiger partial charge is 0.377 e. The summed E-state index contributed by atoms with van der Waals surface area (Å²) in [6.45, 7) is 6.61. The van der Waals surface area contributed by atoms with Gasteiger partial charge in [-0.15, -0.1) is 11.3 Å². The fourth-order valence-electron chi connectivity index (χ4n) is 2.35. The number of nitrogens with one attached hydrogen (secondary N) is 1. The van der Waals surface area contributed by atoms with Crippen molar-refractivity contribution in [2.45, 2.75) is 45.4 Å². The van der Waals surface area contributed by atoms with E-state index in [4.69, 9.17) is 9.72 Å². The minimum atomic E-state index is 0.278. The monoisotopic (exact) mass is 308 g/mol. The normalized spacial score (nSPS) is 15.2. The van der Waals surface area contributed by atoms with Gasteiger partial charge in [0.2, 0.25) is 0 Å². The Kier molecular flexibility index (Phi) is 4.47. The third-order valence-corrected chi connectivity index (χ3v) is 4.47. The van der Waals surface area contributed by atoms with Crippen molar-refractivity contribution in [2.75, 3.05) is 25.1 Å². The van der Waals surface area contributed by atoms with Gasteiger partial charge in [0.1, 0.15) is 0 Å². The summed E-state index contributed by atoms with van der Waals surface area (Å²) in [6.07, 6.45) is 5.00. The lowest BCUT2D eigenvalue weighted by Crippen LogP contribution is -2.26. The van der Waals surface area contributed by atoms with Gasteiger partial charge in [-0.2, -0.15) is 0 Å². The Morgan fingerprint density at radius 1 is 1.52 bits per heavy atom. The quantitative estimate of drug-likeness (QED) is 0.813. The van der Waals surface area contributed by atoms with E-state index in [0.29, 0.717) is 6.04 Å². The first kappa shape index (κ1) is 14.8. The molecule has 1 N–H and O–H groups in total. The fourth-order valence-corrected chi connectivity index (χ4v) is 3.08. The average Bonchev–Trinajstić information content (AvgIpc) is 3.03. The maximum Gasteiger partial charge on any atom is 0.195 e. The molecule has 0 aromatic carbocycles. The van der Waals surface area contributed by atoms with Crippen LogP contribution in [0.15, 0.2) is 11.6 Å². The molecule has 0 bridgehead atoms. The third kappa shape index (κ3) is 3.56. The number of fused-ring (bicyclic) bond motifs is 1. The zero-order valence-electron chi connectivity index (χ0n) is 13.0. The third-order valence-electron chi connectivity index (χ3n) is 3.71. The second-order valence-corrected chi connectivity index (χ2v) is 6.81. The van der Waals surface area contributed by atoms with Crippen molar-refractivity contribution in [3.05, 3.63) is 17.3 Å². The Morgan fingerprint density at radius 2 is 2.33 bits per heavy atom. The maximum atomic E-state index is 5.65. The molecule has 5 nitrogen and oxygen atoms in total. The van der Waals surface area contributed by atoms with Gasteiger partial charge in [0.15, 0.2) is 10.8 Å². The summed E-state index contributed by atoms with van der Waals surface area (Å²) in [5.74, 6) is 1.07. The molecule has 0 radical (unpaired) electrons. The number of aromatic nitrogens is 2. The molecule has 1 aliphatic carbocycles. The second kappa shape index (κ2) is 6.34. The predicted octanol–water partition coefficient (Wildman–Crippen LogP) is 2.51. The minimum Gasteiger partial charge on any atom is -0.377 e. The van der Waals surface area contributed by atoms with Gasteiger partial charge in [0, 0.05) is 37.8 Å². The molecule has 6 heteroatoms. The number of thiazole rings is 1. The van der Waals surface area contributed by atoms with Crippen molar-refractivity contribution in [1.29, 1.82) is 0 Å². The Balaban J connectivity index is 1.72. The highest BCUT2D eigenvalue weighted by Gasteiger charge is 2.23. The zero-order chi connectivity index (χ0) is 14.8. The number of imidazole rings is 1. The first-order valence-corrected chi connectivity index (χ1v) is 8.53. The minimum absolute atomic E-state index is 0.278. The zero-order valence-corrected chi connectivity index (χ0v) is 13.8. The Bertz CT molecular complexity index is 588. The highest BCUT2D eigenvalue weighted by Crippen LogP contribution is 2.26. The van der Waals surface area contributed by atoms with E-state index in [1.54, 1.807) is 11.3 Å². The molecule has 0 atom stereocenters. The van der Waals surface area contributed by atoms with Crippen molar-refractivity contribution in [3.8, 4) is 0 Å². The molecule has 2 aromatic heterocycles. The highest BCUT2D eigenvalue weighted by atomic mass is 32.1. The van der Waals surface area contributed by atoms with E-state index >= 15 is 0 Å². The molecule has 3 rings (SSSR count). The van der Waals surface area contributed by atoms with Crippen LogP contribution in [0.4, 0.5) is 5.82 Å². The first-order chi connectivity index (χ1) is 10.1. The number of hydrogen-bond acceptors (Lipinski definition) is 5. The molecule has 2 heterocycles.